The van der Waals surface area contributed by atoms with E-state index in [4.69, 9.17) is 0 Å². The van der Waals surface area contributed by atoms with E-state index in [1.165, 1.54) is 18.6 Å². The highest BCUT2D eigenvalue weighted by atomic mass is 16.5. The van der Waals surface area contributed by atoms with Gasteiger partial charge in [0.05, 0.1) is 6.20 Å². The van der Waals surface area contributed by atoms with Crippen LogP contribution in [-0.4, -0.2) is 11.0 Å². The Labute approximate surface area is 99.7 Å². The van der Waals surface area contributed by atoms with E-state index in [9.17, 15) is 15.1 Å². The second kappa shape index (κ2) is 4.69. The van der Waals surface area contributed by atoms with Crippen LogP contribution < -0.4 is 9.84 Å². The summed E-state index contributed by atoms with van der Waals surface area (Å²) in [4.78, 5) is 15.4. The highest BCUT2D eigenvalue weighted by Crippen LogP contribution is 2.38. The Kier molecular flexibility index (Phi) is 3.26. The number of rotatable bonds is 3. The molecule has 17 heavy (non-hydrogen) atoms. The van der Waals surface area contributed by atoms with E-state index in [0.29, 0.717) is 29.7 Å². The van der Waals surface area contributed by atoms with Crippen LogP contribution in [0.1, 0.15) is 37.8 Å². The van der Waals surface area contributed by atoms with Gasteiger partial charge in [0.2, 0.25) is 6.20 Å². The van der Waals surface area contributed by atoms with Crippen LogP contribution in [0.3, 0.4) is 0 Å². The number of carboxylic acid groups (broad SMARTS) is 1. The van der Waals surface area contributed by atoms with Crippen molar-refractivity contribution in [2.24, 2.45) is 5.41 Å². The molecule has 1 fully saturated rings. The zero-order valence-electron chi connectivity index (χ0n) is 9.59. The molecule has 1 aliphatic carbocycles. The summed E-state index contributed by atoms with van der Waals surface area (Å²) in [7, 11) is 0. The van der Waals surface area contributed by atoms with Gasteiger partial charge in [-0.1, -0.05) is 19.3 Å². The fraction of sp³-hybridized carbons (Fsp3) is 0.583. The molecule has 2 rings (SSSR count). The molecule has 5 heteroatoms. The summed E-state index contributed by atoms with van der Waals surface area (Å²) in [5, 5.41) is 22.5. The van der Waals surface area contributed by atoms with E-state index in [2.05, 4.69) is 4.98 Å². The molecular weight excluding hydrogens is 220 g/mol. The molecule has 0 radical (unpaired) electrons. The first-order valence-corrected chi connectivity index (χ1v) is 5.88. The summed E-state index contributed by atoms with van der Waals surface area (Å²) in [5.74, 6) is -1.01. The lowest BCUT2D eigenvalue weighted by molar-refractivity contribution is -0.606. The fourth-order valence-electron chi connectivity index (χ4n) is 2.54. The molecule has 0 atom stereocenters. The van der Waals surface area contributed by atoms with E-state index < -0.39 is 11.4 Å². The first kappa shape index (κ1) is 11.8. The minimum atomic E-state index is -1.01. The third kappa shape index (κ3) is 2.54. The molecule has 0 N–H and O–H groups in total. The van der Waals surface area contributed by atoms with Crippen molar-refractivity contribution >= 4 is 5.97 Å². The number of nitrogens with zero attached hydrogens (tertiary/aromatic N) is 2. The van der Waals surface area contributed by atoms with Crippen molar-refractivity contribution < 1.29 is 14.6 Å². The third-order valence-corrected chi connectivity index (χ3v) is 3.49. The number of aliphatic carboxylic acids is 1. The normalized spacial score (nSPS) is 18.8. The average Bonchev–Trinajstić information content (AvgIpc) is 2.30. The Hall–Kier alpha value is -1.65. The van der Waals surface area contributed by atoms with Gasteiger partial charge in [-0.3, -0.25) is 0 Å². The second-order valence-corrected chi connectivity index (χ2v) is 4.71. The van der Waals surface area contributed by atoms with Crippen molar-refractivity contribution in [1.82, 2.24) is 4.98 Å². The van der Waals surface area contributed by atoms with Gasteiger partial charge in [0.1, 0.15) is 5.69 Å². The van der Waals surface area contributed by atoms with Crippen molar-refractivity contribution in [3.8, 4) is 0 Å². The smallest absolute Gasteiger partial charge is 0.201 e. The molecule has 0 bridgehead atoms. The molecule has 1 heterocycles. The Morgan fingerprint density at radius 3 is 2.71 bits per heavy atom. The number of aromatic nitrogens is 2. The summed E-state index contributed by atoms with van der Waals surface area (Å²) in [5.41, 5.74) is -0.312. The summed E-state index contributed by atoms with van der Waals surface area (Å²) in [6.45, 7) is 0. The first-order chi connectivity index (χ1) is 8.12. The Morgan fingerprint density at radius 1 is 1.41 bits per heavy atom. The highest BCUT2D eigenvalue weighted by Gasteiger charge is 2.34. The standard InChI is InChI=1S/C12H16N2O3/c15-11(16)12(4-2-1-3-5-12)8-10-9-14(17)7-6-13-10/h6-7,9H,1-5,8H2,(H,15,16)/p-1. The van der Waals surface area contributed by atoms with E-state index in [1.807, 2.05) is 0 Å². The topological polar surface area (TPSA) is 80.0 Å². The average molecular weight is 235 g/mol. The molecule has 0 amide bonds. The lowest BCUT2D eigenvalue weighted by Gasteiger charge is -2.37. The van der Waals surface area contributed by atoms with Gasteiger partial charge >= 0.3 is 0 Å². The molecule has 0 saturated heterocycles. The van der Waals surface area contributed by atoms with Gasteiger partial charge < -0.3 is 15.1 Å². The molecule has 0 aliphatic heterocycles. The van der Waals surface area contributed by atoms with Gasteiger partial charge in [-0.15, -0.1) is 0 Å². The van der Waals surface area contributed by atoms with Crippen LogP contribution in [0.2, 0.25) is 0 Å². The van der Waals surface area contributed by atoms with Crippen LogP contribution in [0.25, 0.3) is 0 Å². The Morgan fingerprint density at radius 2 is 2.12 bits per heavy atom. The van der Waals surface area contributed by atoms with Crippen LogP contribution in [0, 0.1) is 10.6 Å². The van der Waals surface area contributed by atoms with Crippen molar-refractivity contribution in [1.29, 1.82) is 0 Å². The molecule has 0 unspecified atom stereocenters. The number of carboxylic acids is 1. The summed E-state index contributed by atoms with van der Waals surface area (Å²) < 4.78 is 0.647. The fourth-order valence-corrected chi connectivity index (χ4v) is 2.54. The van der Waals surface area contributed by atoms with Gasteiger partial charge in [-0.25, -0.2) is 4.98 Å². The van der Waals surface area contributed by atoms with Crippen LogP contribution in [0.15, 0.2) is 18.6 Å². The van der Waals surface area contributed by atoms with Gasteiger partial charge in [-0.2, -0.15) is 4.73 Å². The maximum atomic E-state index is 11.3. The molecule has 5 nitrogen and oxygen atoms in total. The molecule has 1 aromatic rings. The Bertz CT molecular complexity index is 414. The van der Waals surface area contributed by atoms with E-state index in [0.717, 1.165) is 19.3 Å². The van der Waals surface area contributed by atoms with Crippen molar-refractivity contribution in [3.05, 3.63) is 29.5 Å². The Balaban J connectivity index is 2.20. The molecule has 1 aromatic heterocycles. The molecule has 0 spiro atoms. The highest BCUT2D eigenvalue weighted by molar-refractivity contribution is 5.72. The zero-order chi connectivity index (χ0) is 12.3. The van der Waals surface area contributed by atoms with Gasteiger partial charge in [-0.05, 0) is 12.8 Å². The third-order valence-electron chi connectivity index (χ3n) is 3.49. The lowest BCUT2D eigenvalue weighted by Crippen LogP contribution is -2.45. The van der Waals surface area contributed by atoms with Crippen LogP contribution in [-0.2, 0) is 11.2 Å². The largest absolute Gasteiger partial charge is 0.619 e. The van der Waals surface area contributed by atoms with Crippen LogP contribution >= 0.6 is 0 Å². The predicted octanol–water partition coefficient (Wildman–Crippen LogP) is -0.0421. The number of carbonyl (C=O) groups is 1. The molecule has 1 aliphatic rings. The molecule has 1 saturated carbocycles. The molecule has 0 aromatic carbocycles. The minimum absolute atomic E-state index is 0.290. The van der Waals surface area contributed by atoms with E-state index >= 15 is 0 Å². The monoisotopic (exact) mass is 235 g/mol. The molecule has 92 valence electrons. The maximum absolute atomic E-state index is 11.3. The van der Waals surface area contributed by atoms with Crippen LogP contribution in [0.5, 0.6) is 0 Å². The quantitative estimate of drug-likeness (QED) is 0.543. The summed E-state index contributed by atoms with van der Waals surface area (Å²) in [6, 6.07) is 0. The zero-order valence-corrected chi connectivity index (χ0v) is 9.59. The van der Waals surface area contributed by atoms with E-state index in [-0.39, 0.29) is 0 Å². The van der Waals surface area contributed by atoms with Crippen molar-refractivity contribution in [3.63, 3.8) is 0 Å². The van der Waals surface area contributed by atoms with Crippen LogP contribution in [0.4, 0.5) is 0 Å². The lowest BCUT2D eigenvalue weighted by atomic mass is 9.71. The van der Waals surface area contributed by atoms with E-state index in [1.54, 1.807) is 0 Å². The summed E-state index contributed by atoms with van der Waals surface area (Å²) >= 11 is 0. The number of carbonyl (C=O) groups excluding carboxylic acids is 1. The predicted molar refractivity (Wildman–Crippen MR) is 57.4 cm³/mol. The maximum Gasteiger partial charge on any atom is 0.201 e. The SMILES string of the molecule is O=C([O-])C1(Cc2c[n+]([O-])ccn2)CCCCC1. The number of hydrogen-bond donors (Lipinski definition) is 0. The van der Waals surface area contributed by atoms with Gasteiger partial charge in [0, 0.05) is 17.8 Å². The number of hydrogen-bond acceptors (Lipinski definition) is 4. The van der Waals surface area contributed by atoms with Crippen molar-refractivity contribution in [2.45, 2.75) is 38.5 Å². The molecular formula is C12H15N2O3-. The first-order valence-electron chi connectivity index (χ1n) is 5.88. The van der Waals surface area contributed by atoms with Gasteiger partial charge in [0.25, 0.3) is 0 Å². The summed E-state index contributed by atoms with van der Waals surface area (Å²) in [6.07, 6.45) is 8.41. The van der Waals surface area contributed by atoms with Crippen molar-refractivity contribution in [2.75, 3.05) is 0 Å². The minimum Gasteiger partial charge on any atom is -0.619 e. The van der Waals surface area contributed by atoms with Gasteiger partial charge in [0.15, 0.2) is 6.20 Å². The second-order valence-electron chi connectivity index (χ2n) is 4.71.